The van der Waals surface area contributed by atoms with Gasteiger partial charge in [0.15, 0.2) is 9.84 Å². The smallest absolute Gasteiger partial charge is 0.152 e. The van der Waals surface area contributed by atoms with Gasteiger partial charge in [-0.25, -0.2) is 8.42 Å². The molecule has 1 aliphatic rings. The molecule has 0 amide bonds. The predicted molar refractivity (Wildman–Crippen MR) is 79.4 cm³/mol. The molecule has 1 aliphatic heterocycles. The average molecular weight is 282 g/mol. The predicted octanol–water partition coefficient (Wildman–Crippen LogP) is 1.34. The monoisotopic (exact) mass is 282 g/mol. The van der Waals surface area contributed by atoms with Gasteiger partial charge in [-0.1, -0.05) is 12.1 Å². The number of rotatable bonds is 4. The lowest BCUT2D eigenvalue weighted by atomic mass is 10.1. The minimum absolute atomic E-state index is 0.110. The van der Waals surface area contributed by atoms with Gasteiger partial charge in [0.05, 0.1) is 11.5 Å². The molecule has 1 aromatic rings. The summed E-state index contributed by atoms with van der Waals surface area (Å²) in [7, 11) is 1.09. The van der Waals surface area contributed by atoms with E-state index in [0.29, 0.717) is 5.75 Å². The van der Waals surface area contributed by atoms with E-state index in [2.05, 4.69) is 35.3 Å². The summed E-state index contributed by atoms with van der Waals surface area (Å²) >= 11 is 0. The molecule has 0 radical (unpaired) electrons. The zero-order chi connectivity index (χ0) is 14.0. The maximum Gasteiger partial charge on any atom is 0.152 e. The molecule has 0 bridgehead atoms. The van der Waals surface area contributed by atoms with Crippen molar-refractivity contribution in [2.75, 3.05) is 30.5 Å². The summed E-state index contributed by atoms with van der Waals surface area (Å²) < 4.78 is 23.1. The first-order chi connectivity index (χ1) is 8.93. The topological polar surface area (TPSA) is 49.4 Å². The van der Waals surface area contributed by atoms with Crippen LogP contribution in [-0.4, -0.2) is 40.1 Å². The zero-order valence-electron chi connectivity index (χ0n) is 11.8. The van der Waals surface area contributed by atoms with Crippen LogP contribution in [0.1, 0.15) is 17.5 Å². The second-order valence-corrected chi connectivity index (χ2v) is 7.55. The Morgan fingerprint density at radius 2 is 2.16 bits per heavy atom. The van der Waals surface area contributed by atoms with Crippen LogP contribution in [0.5, 0.6) is 0 Å². The van der Waals surface area contributed by atoms with Gasteiger partial charge in [-0.15, -0.1) is 0 Å². The molecule has 4 nitrogen and oxygen atoms in total. The van der Waals surface area contributed by atoms with Crippen molar-refractivity contribution in [2.24, 2.45) is 0 Å². The third kappa shape index (κ3) is 3.28. The van der Waals surface area contributed by atoms with Crippen LogP contribution < -0.4 is 10.2 Å². The van der Waals surface area contributed by atoms with Crippen LogP contribution >= 0.6 is 0 Å². The van der Waals surface area contributed by atoms with E-state index >= 15 is 0 Å². The van der Waals surface area contributed by atoms with Gasteiger partial charge in [0.1, 0.15) is 0 Å². The van der Waals surface area contributed by atoms with E-state index in [9.17, 15) is 8.42 Å². The molecule has 1 aromatic carbocycles. The van der Waals surface area contributed by atoms with Crippen LogP contribution in [0, 0.1) is 6.92 Å². The summed E-state index contributed by atoms with van der Waals surface area (Å²) in [4.78, 5) is 2.11. The average Bonchev–Trinajstić information content (AvgIpc) is 2.70. The van der Waals surface area contributed by atoms with Gasteiger partial charge in [-0.3, -0.25) is 0 Å². The standard InChI is InChI=1S/C14H22N2O2S/c1-11-8-12(9-15-2)4-5-14(11)16(3)13-6-7-19(17,18)10-13/h4-5,8,13,15H,6-7,9-10H2,1-3H3. The molecule has 1 saturated heterocycles. The molecule has 0 aliphatic carbocycles. The number of nitrogens with zero attached hydrogens (tertiary/aromatic N) is 1. The maximum absolute atomic E-state index is 11.6. The van der Waals surface area contributed by atoms with Gasteiger partial charge in [0, 0.05) is 25.3 Å². The van der Waals surface area contributed by atoms with Crippen molar-refractivity contribution < 1.29 is 8.42 Å². The van der Waals surface area contributed by atoms with Crippen LogP contribution in [-0.2, 0) is 16.4 Å². The maximum atomic E-state index is 11.6. The SMILES string of the molecule is CNCc1ccc(N(C)C2CCS(=O)(=O)C2)c(C)c1. The first-order valence-electron chi connectivity index (χ1n) is 6.60. The van der Waals surface area contributed by atoms with Crippen molar-refractivity contribution in [3.63, 3.8) is 0 Å². The Hall–Kier alpha value is -1.07. The van der Waals surface area contributed by atoms with Crippen molar-refractivity contribution in [3.8, 4) is 0 Å². The molecule has 0 spiro atoms. The Morgan fingerprint density at radius 3 is 2.68 bits per heavy atom. The van der Waals surface area contributed by atoms with E-state index in [1.54, 1.807) is 0 Å². The molecule has 106 valence electrons. The molecule has 5 heteroatoms. The number of aryl methyl sites for hydroxylation is 1. The molecule has 0 aromatic heterocycles. The van der Waals surface area contributed by atoms with E-state index in [-0.39, 0.29) is 11.8 Å². The molecule has 19 heavy (non-hydrogen) atoms. The lowest BCUT2D eigenvalue weighted by Crippen LogP contribution is -2.33. The highest BCUT2D eigenvalue weighted by atomic mass is 32.2. The molecule has 1 unspecified atom stereocenters. The largest absolute Gasteiger partial charge is 0.370 e. The van der Waals surface area contributed by atoms with Crippen molar-refractivity contribution in [3.05, 3.63) is 29.3 Å². The van der Waals surface area contributed by atoms with Crippen LogP contribution in [0.4, 0.5) is 5.69 Å². The van der Waals surface area contributed by atoms with Gasteiger partial charge in [-0.2, -0.15) is 0 Å². The third-order valence-electron chi connectivity index (χ3n) is 3.78. The summed E-state index contributed by atoms with van der Waals surface area (Å²) in [5.74, 6) is 0.597. The summed E-state index contributed by atoms with van der Waals surface area (Å²) in [6, 6.07) is 6.45. The van der Waals surface area contributed by atoms with Gasteiger partial charge in [0.25, 0.3) is 0 Å². The fraction of sp³-hybridized carbons (Fsp3) is 0.571. The Kier molecular flexibility index (Phi) is 4.16. The molecule has 1 atom stereocenters. The fourth-order valence-corrected chi connectivity index (χ4v) is 4.48. The summed E-state index contributed by atoms with van der Waals surface area (Å²) in [5.41, 5.74) is 3.57. The highest BCUT2D eigenvalue weighted by Crippen LogP contribution is 2.26. The van der Waals surface area contributed by atoms with Crippen molar-refractivity contribution in [1.82, 2.24) is 5.32 Å². The lowest BCUT2D eigenvalue weighted by molar-refractivity contribution is 0.601. The molecular weight excluding hydrogens is 260 g/mol. The normalized spacial score (nSPS) is 21.5. The molecule has 1 fully saturated rings. The molecular formula is C14H22N2O2S. The minimum atomic E-state index is -2.83. The number of hydrogen-bond donors (Lipinski definition) is 1. The summed E-state index contributed by atoms with van der Waals surface area (Å²) in [6.45, 7) is 2.93. The van der Waals surface area contributed by atoms with E-state index < -0.39 is 9.84 Å². The Balaban J connectivity index is 2.18. The Morgan fingerprint density at radius 1 is 1.42 bits per heavy atom. The van der Waals surface area contributed by atoms with Crippen molar-refractivity contribution in [2.45, 2.75) is 25.9 Å². The highest BCUT2D eigenvalue weighted by molar-refractivity contribution is 7.91. The quantitative estimate of drug-likeness (QED) is 0.905. The second kappa shape index (κ2) is 5.51. The van der Waals surface area contributed by atoms with E-state index in [1.807, 2.05) is 14.1 Å². The second-order valence-electron chi connectivity index (χ2n) is 5.32. The summed E-state index contributed by atoms with van der Waals surface area (Å²) in [6.07, 6.45) is 0.733. The summed E-state index contributed by atoms with van der Waals surface area (Å²) in [5, 5.41) is 3.13. The first kappa shape index (κ1) is 14.3. The van der Waals surface area contributed by atoms with Crippen molar-refractivity contribution in [1.29, 1.82) is 0 Å². The number of nitrogens with one attached hydrogen (secondary N) is 1. The van der Waals surface area contributed by atoms with Gasteiger partial charge >= 0.3 is 0 Å². The van der Waals surface area contributed by atoms with Gasteiger partial charge in [0.2, 0.25) is 0 Å². The Labute approximate surface area is 115 Å². The van der Waals surface area contributed by atoms with Crippen LogP contribution in [0.3, 0.4) is 0 Å². The molecule has 1 heterocycles. The molecule has 2 rings (SSSR count). The highest BCUT2D eigenvalue weighted by Gasteiger charge is 2.31. The zero-order valence-corrected chi connectivity index (χ0v) is 12.6. The van der Waals surface area contributed by atoms with Gasteiger partial charge in [-0.05, 0) is 37.6 Å². The van der Waals surface area contributed by atoms with E-state index in [1.165, 1.54) is 11.1 Å². The Bertz CT molecular complexity index is 555. The first-order valence-corrected chi connectivity index (χ1v) is 8.42. The van der Waals surface area contributed by atoms with Crippen LogP contribution in [0.15, 0.2) is 18.2 Å². The van der Waals surface area contributed by atoms with E-state index in [4.69, 9.17) is 0 Å². The van der Waals surface area contributed by atoms with Crippen LogP contribution in [0.25, 0.3) is 0 Å². The number of hydrogen-bond acceptors (Lipinski definition) is 4. The molecule has 0 saturated carbocycles. The lowest BCUT2D eigenvalue weighted by Gasteiger charge is -2.27. The third-order valence-corrected chi connectivity index (χ3v) is 5.53. The van der Waals surface area contributed by atoms with Gasteiger partial charge < -0.3 is 10.2 Å². The fourth-order valence-electron chi connectivity index (χ4n) is 2.70. The molecule has 1 N–H and O–H groups in total. The van der Waals surface area contributed by atoms with E-state index in [0.717, 1.165) is 18.7 Å². The van der Waals surface area contributed by atoms with Crippen LogP contribution in [0.2, 0.25) is 0 Å². The minimum Gasteiger partial charge on any atom is -0.370 e. The number of sulfone groups is 1. The number of anilines is 1. The van der Waals surface area contributed by atoms with Crippen molar-refractivity contribution >= 4 is 15.5 Å². The number of benzene rings is 1.